The zero-order chi connectivity index (χ0) is 23.7. The molecular weight excluding hydrogens is 484 g/mol. The summed E-state index contributed by atoms with van der Waals surface area (Å²) in [4.78, 5) is 36.3. The molecule has 0 aliphatic carbocycles. The average molecular weight is 507 g/mol. The molecule has 2 aromatic carbocycles. The van der Waals surface area contributed by atoms with Gasteiger partial charge in [-0.15, -0.1) is 0 Å². The second-order valence-electron chi connectivity index (χ2n) is 6.38. The first-order valence-corrected chi connectivity index (χ1v) is 10.2. The maximum Gasteiger partial charge on any atom is 0.305 e. The van der Waals surface area contributed by atoms with E-state index < -0.39 is 17.8 Å². The molecule has 2 aromatic rings. The lowest BCUT2D eigenvalue weighted by Crippen LogP contribution is -2.35. The highest BCUT2D eigenvalue weighted by molar-refractivity contribution is 9.10. The molecule has 0 unspecified atom stereocenters. The molecule has 32 heavy (non-hydrogen) atoms. The fourth-order valence-corrected chi connectivity index (χ4v) is 2.93. The number of nitrogens with one attached hydrogen (secondary N) is 2. The number of carboxylic acids is 1. The van der Waals surface area contributed by atoms with Gasteiger partial charge in [-0.25, -0.2) is 0 Å². The van der Waals surface area contributed by atoms with Crippen molar-refractivity contribution in [3.8, 4) is 17.2 Å². The molecular formula is C22H23BrN2O7. The summed E-state index contributed by atoms with van der Waals surface area (Å²) in [5.41, 5.74) is 0.762. The number of ether oxygens (including phenoxy) is 3. The molecule has 0 aliphatic rings. The van der Waals surface area contributed by atoms with Crippen molar-refractivity contribution < 1.29 is 33.7 Å². The van der Waals surface area contributed by atoms with Gasteiger partial charge < -0.3 is 30.0 Å². The lowest BCUT2D eigenvalue weighted by atomic mass is 10.1. The van der Waals surface area contributed by atoms with Gasteiger partial charge in [0.2, 0.25) is 5.75 Å². The number of carbonyl (C=O) groups excluding carboxylic acids is 2. The number of aliphatic carboxylic acids is 1. The molecule has 3 N–H and O–H groups in total. The van der Waals surface area contributed by atoms with E-state index in [0.29, 0.717) is 11.3 Å². The zero-order valence-corrected chi connectivity index (χ0v) is 19.3. The Morgan fingerprint density at radius 2 is 1.59 bits per heavy atom. The number of hydrogen-bond donors (Lipinski definition) is 3. The minimum absolute atomic E-state index is 0.0588. The van der Waals surface area contributed by atoms with Crippen molar-refractivity contribution in [1.82, 2.24) is 10.6 Å². The predicted molar refractivity (Wildman–Crippen MR) is 121 cm³/mol. The van der Waals surface area contributed by atoms with Crippen LogP contribution in [-0.4, -0.2) is 50.8 Å². The Hall–Kier alpha value is -3.53. The summed E-state index contributed by atoms with van der Waals surface area (Å²) >= 11 is 3.34. The van der Waals surface area contributed by atoms with Crippen LogP contribution in [0.2, 0.25) is 0 Å². The van der Waals surface area contributed by atoms with Crippen LogP contribution in [0.5, 0.6) is 17.2 Å². The molecule has 0 saturated heterocycles. The lowest BCUT2D eigenvalue weighted by Gasteiger charge is -2.15. The minimum atomic E-state index is -1.05. The third-order valence-electron chi connectivity index (χ3n) is 4.23. The second kappa shape index (κ2) is 11.8. The molecule has 170 valence electrons. The van der Waals surface area contributed by atoms with E-state index in [1.807, 2.05) is 0 Å². The molecule has 0 spiro atoms. The van der Waals surface area contributed by atoms with E-state index in [2.05, 4.69) is 26.6 Å². The number of halogens is 1. The molecule has 0 fully saturated rings. The lowest BCUT2D eigenvalue weighted by molar-refractivity contribution is -0.136. The number of carbonyl (C=O) groups is 3. The van der Waals surface area contributed by atoms with Crippen molar-refractivity contribution in [3.63, 3.8) is 0 Å². The summed E-state index contributed by atoms with van der Waals surface area (Å²) in [6.45, 7) is -0.0914. The van der Waals surface area contributed by atoms with Gasteiger partial charge in [0.05, 0.1) is 27.8 Å². The molecule has 9 nitrogen and oxygen atoms in total. The van der Waals surface area contributed by atoms with Gasteiger partial charge in [0, 0.05) is 16.6 Å². The maximum atomic E-state index is 12.9. The van der Waals surface area contributed by atoms with Crippen molar-refractivity contribution in [2.24, 2.45) is 0 Å². The summed E-state index contributed by atoms with van der Waals surface area (Å²) < 4.78 is 16.6. The summed E-state index contributed by atoms with van der Waals surface area (Å²) in [7, 11) is 4.29. The van der Waals surface area contributed by atoms with Crippen molar-refractivity contribution >= 4 is 39.8 Å². The van der Waals surface area contributed by atoms with Crippen LogP contribution in [0.3, 0.4) is 0 Å². The van der Waals surface area contributed by atoms with E-state index in [-0.39, 0.29) is 35.7 Å². The number of rotatable bonds is 10. The summed E-state index contributed by atoms with van der Waals surface area (Å²) in [5, 5.41) is 13.8. The van der Waals surface area contributed by atoms with Crippen LogP contribution in [0, 0.1) is 0 Å². The normalized spacial score (nSPS) is 10.8. The van der Waals surface area contributed by atoms with Gasteiger partial charge >= 0.3 is 5.97 Å². The van der Waals surface area contributed by atoms with Crippen molar-refractivity contribution in [3.05, 3.63) is 57.7 Å². The van der Waals surface area contributed by atoms with Gasteiger partial charge in [0.1, 0.15) is 5.70 Å². The highest BCUT2D eigenvalue weighted by Crippen LogP contribution is 2.38. The monoisotopic (exact) mass is 506 g/mol. The quantitative estimate of drug-likeness (QED) is 0.423. The van der Waals surface area contributed by atoms with Gasteiger partial charge in [0.25, 0.3) is 11.8 Å². The molecule has 0 atom stereocenters. The van der Waals surface area contributed by atoms with Gasteiger partial charge in [-0.2, -0.15) is 0 Å². The van der Waals surface area contributed by atoms with Crippen LogP contribution < -0.4 is 24.8 Å². The van der Waals surface area contributed by atoms with Gasteiger partial charge in [-0.1, -0.05) is 28.1 Å². The van der Waals surface area contributed by atoms with Crippen LogP contribution in [0.1, 0.15) is 22.3 Å². The van der Waals surface area contributed by atoms with Crippen LogP contribution in [0.25, 0.3) is 6.08 Å². The Kier molecular flexibility index (Phi) is 9.08. The van der Waals surface area contributed by atoms with Crippen LogP contribution in [0.15, 0.2) is 46.6 Å². The Bertz CT molecular complexity index is 994. The summed E-state index contributed by atoms with van der Waals surface area (Å²) in [5.74, 6) is -1.40. The van der Waals surface area contributed by atoms with Crippen LogP contribution in [0.4, 0.5) is 0 Å². The Labute approximate surface area is 193 Å². The number of carboxylic acid groups (broad SMARTS) is 1. The van der Waals surface area contributed by atoms with Crippen molar-refractivity contribution in [2.45, 2.75) is 6.42 Å². The zero-order valence-electron chi connectivity index (χ0n) is 17.7. The van der Waals surface area contributed by atoms with E-state index in [9.17, 15) is 14.4 Å². The van der Waals surface area contributed by atoms with E-state index in [1.165, 1.54) is 39.5 Å². The third kappa shape index (κ3) is 6.74. The Balaban J connectivity index is 2.35. The molecule has 2 rings (SSSR count). The molecule has 10 heteroatoms. The first-order valence-electron chi connectivity index (χ1n) is 9.37. The van der Waals surface area contributed by atoms with Crippen LogP contribution >= 0.6 is 15.9 Å². The Morgan fingerprint density at radius 3 is 2.09 bits per heavy atom. The average Bonchev–Trinajstić information content (AvgIpc) is 2.78. The highest BCUT2D eigenvalue weighted by Gasteiger charge is 2.20. The minimum Gasteiger partial charge on any atom is -0.493 e. The number of benzene rings is 2. The van der Waals surface area contributed by atoms with Gasteiger partial charge in [-0.3, -0.25) is 14.4 Å². The molecule has 0 aliphatic heterocycles. The maximum absolute atomic E-state index is 12.9. The molecule has 0 bridgehead atoms. The van der Waals surface area contributed by atoms with E-state index in [1.54, 1.807) is 24.3 Å². The molecule has 0 aromatic heterocycles. The summed E-state index contributed by atoms with van der Waals surface area (Å²) in [6, 6.07) is 9.98. The van der Waals surface area contributed by atoms with E-state index in [4.69, 9.17) is 19.3 Å². The summed E-state index contributed by atoms with van der Waals surface area (Å²) in [6.07, 6.45) is 1.23. The molecule has 0 radical (unpaired) electrons. The van der Waals surface area contributed by atoms with Crippen LogP contribution in [-0.2, 0) is 9.59 Å². The fourth-order valence-electron chi connectivity index (χ4n) is 2.67. The third-order valence-corrected chi connectivity index (χ3v) is 4.75. The van der Waals surface area contributed by atoms with E-state index in [0.717, 1.165) is 4.47 Å². The standard InChI is InChI=1S/C22H23BrN2O7/c1-30-17-11-14(12-18(31-2)20(17)32-3)21(28)25-16(22(29)24-9-8-19(26)27)10-13-4-6-15(23)7-5-13/h4-7,10-12H,8-9H2,1-3H3,(H,24,29)(H,25,28)(H,26,27)/b16-10+. The molecule has 0 heterocycles. The fraction of sp³-hybridized carbons (Fsp3) is 0.227. The molecule has 2 amide bonds. The SMILES string of the molecule is COc1cc(C(=O)N/C(=C/c2ccc(Br)cc2)C(=O)NCCC(=O)O)cc(OC)c1OC. The van der Waals surface area contributed by atoms with Gasteiger partial charge in [0.15, 0.2) is 11.5 Å². The van der Waals surface area contributed by atoms with Crippen molar-refractivity contribution in [2.75, 3.05) is 27.9 Å². The predicted octanol–water partition coefficient (Wildman–Crippen LogP) is 2.84. The number of methoxy groups -OCH3 is 3. The first-order chi connectivity index (χ1) is 15.3. The van der Waals surface area contributed by atoms with E-state index >= 15 is 0 Å². The largest absolute Gasteiger partial charge is 0.493 e. The highest BCUT2D eigenvalue weighted by atomic mass is 79.9. The second-order valence-corrected chi connectivity index (χ2v) is 7.29. The smallest absolute Gasteiger partial charge is 0.305 e. The first kappa shape index (κ1) is 24.7. The molecule has 0 saturated carbocycles. The Morgan fingerprint density at radius 1 is 1.00 bits per heavy atom. The topological polar surface area (TPSA) is 123 Å². The number of amides is 2. The number of hydrogen-bond acceptors (Lipinski definition) is 6. The van der Waals surface area contributed by atoms with Crippen molar-refractivity contribution in [1.29, 1.82) is 0 Å². The van der Waals surface area contributed by atoms with Gasteiger partial charge in [-0.05, 0) is 35.9 Å².